The Morgan fingerprint density at radius 3 is 2.50 bits per heavy atom. The molecule has 0 aliphatic carbocycles. The first-order valence-electron chi connectivity index (χ1n) is 7.37. The van der Waals surface area contributed by atoms with E-state index in [2.05, 4.69) is 26.8 Å². The van der Waals surface area contributed by atoms with Crippen molar-refractivity contribution in [1.82, 2.24) is 10.9 Å². The summed E-state index contributed by atoms with van der Waals surface area (Å²) in [6.07, 6.45) is -0.946. The molecule has 9 heteroatoms. The van der Waals surface area contributed by atoms with Gasteiger partial charge in [0.2, 0.25) is 0 Å². The Labute approximate surface area is 162 Å². The Bertz CT molecular complexity index is 834. The molecule has 0 aliphatic heterocycles. The van der Waals surface area contributed by atoms with Gasteiger partial charge >= 0.3 is 0 Å². The molecule has 1 unspecified atom stereocenters. The van der Waals surface area contributed by atoms with E-state index in [9.17, 15) is 14.0 Å². The van der Waals surface area contributed by atoms with E-state index in [4.69, 9.17) is 21.1 Å². The second kappa shape index (κ2) is 8.86. The van der Waals surface area contributed by atoms with E-state index < -0.39 is 23.7 Å². The number of hydrogen-bond donors (Lipinski definition) is 2. The van der Waals surface area contributed by atoms with Crippen LogP contribution in [0.15, 0.2) is 40.9 Å². The van der Waals surface area contributed by atoms with Gasteiger partial charge in [-0.1, -0.05) is 11.6 Å². The SMILES string of the molecule is COc1ccc(Cl)cc1C(=O)NNC(=O)C(C)Oc1ccc(F)cc1Br. The number of rotatable bonds is 5. The van der Waals surface area contributed by atoms with Crippen LogP contribution in [0.3, 0.4) is 0 Å². The molecule has 0 saturated carbocycles. The molecule has 6 nitrogen and oxygen atoms in total. The Morgan fingerprint density at radius 1 is 1.15 bits per heavy atom. The van der Waals surface area contributed by atoms with Crippen molar-refractivity contribution in [3.8, 4) is 11.5 Å². The molecule has 1 atom stereocenters. The average Bonchev–Trinajstić information content (AvgIpc) is 2.61. The van der Waals surface area contributed by atoms with Gasteiger partial charge in [-0.25, -0.2) is 4.39 Å². The topological polar surface area (TPSA) is 76.7 Å². The van der Waals surface area contributed by atoms with E-state index in [1.54, 1.807) is 6.07 Å². The van der Waals surface area contributed by atoms with E-state index in [1.165, 1.54) is 44.4 Å². The standard InChI is InChI=1S/C17H15BrClFN2O4/c1-9(26-15-6-4-11(20)8-13(15)18)16(23)21-22-17(24)12-7-10(19)3-5-14(12)25-2/h3-9H,1-2H3,(H,21,23)(H,22,24). The number of amides is 2. The number of hydrogen-bond acceptors (Lipinski definition) is 4. The van der Waals surface area contributed by atoms with Crippen LogP contribution in [0.1, 0.15) is 17.3 Å². The summed E-state index contributed by atoms with van der Waals surface area (Å²) in [4.78, 5) is 24.3. The molecule has 2 aromatic carbocycles. The van der Waals surface area contributed by atoms with Gasteiger partial charge in [-0.2, -0.15) is 0 Å². The fourth-order valence-electron chi connectivity index (χ4n) is 1.96. The quantitative estimate of drug-likeness (QED) is 0.691. The first-order chi connectivity index (χ1) is 12.3. The summed E-state index contributed by atoms with van der Waals surface area (Å²) in [5.74, 6) is -1.05. The summed E-state index contributed by atoms with van der Waals surface area (Å²) < 4.78 is 24.0. The second-order valence-electron chi connectivity index (χ2n) is 5.12. The lowest BCUT2D eigenvalue weighted by Crippen LogP contribution is -2.47. The van der Waals surface area contributed by atoms with Crippen molar-refractivity contribution in [3.63, 3.8) is 0 Å². The molecule has 138 valence electrons. The molecule has 0 heterocycles. The lowest BCUT2D eigenvalue weighted by Gasteiger charge is -2.16. The van der Waals surface area contributed by atoms with Gasteiger partial charge in [0.15, 0.2) is 6.10 Å². The maximum absolute atomic E-state index is 13.1. The van der Waals surface area contributed by atoms with Crippen molar-refractivity contribution < 1.29 is 23.5 Å². The zero-order valence-corrected chi connectivity index (χ0v) is 16.2. The molecule has 0 aliphatic rings. The first kappa shape index (κ1) is 20.0. The number of halogens is 3. The minimum Gasteiger partial charge on any atom is -0.496 e. The first-order valence-corrected chi connectivity index (χ1v) is 8.54. The predicted molar refractivity (Wildman–Crippen MR) is 97.8 cm³/mol. The van der Waals surface area contributed by atoms with Crippen LogP contribution in [-0.4, -0.2) is 25.0 Å². The highest BCUT2D eigenvalue weighted by atomic mass is 79.9. The maximum atomic E-state index is 13.1. The van der Waals surface area contributed by atoms with Gasteiger partial charge in [-0.05, 0) is 59.3 Å². The van der Waals surface area contributed by atoms with Crippen LogP contribution in [0.4, 0.5) is 4.39 Å². The van der Waals surface area contributed by atoms with E-state index in [-0.39, 0.29) is 11.3 Å². The van der Waals surface area contributed by atoms with Crippen molar-refractivity contribution >= 4 is 39.3 Å². The number of nitrogens with one attached hydrogen (secondary N) is 2. The lowest BCUT2D eigenvalue weighted by atomic mass is 10.2. The maximum Gasteiger partial charge on any atom is 0.279 e. The molecule has 0 saturated heterocycles. The van der Waals surface area contributed by atoms with Gasteiger partial charge in [0.1, 0.15) is 17.3 Å². The van der Waals surface area contributed by atoms with Gasteiger partial charge < -0.3 is 9.47 Å². The van der Waals surface area contributed by atoms with Crippen LogP contribution >= 0.6 is 27.5 Å². The molecule has 0 bridgehead atoms. The van der Waals surface area contributed by atoms with Gasteiger partial charge in [0.25, 0.3) is 11.8 Å². The second-order valence-corrected chi connectivity index (χ2v) is 6.41. The molecular weight excluding hydrogens is 431 g/mol. The molecule has 2 amide bonds. The minimum atomic E-state index is -0.946. The number of benzene rings is 2. The van der Waals surface area contributed by atoms with Crippen LogP contribution < -0.4 is 20.3 Å². The molecule has 0 spiro atoms. The predicted octanol–water partition coefficient (Wildman–Crippen LogP) is 3.48. The molecular formula is C17H15BrClFN2O4. The zero-order chi connectivity index (χ0) is 19.3. The van der Waals surface area contributed by atoms with Gasteiger partial charge in [-0.15, -0.1) is 0 Å². The largest absolute Gasteiger partial charge is 0.496 e. The van der Waals surface area contributed by atoms with E-state index in [0.29, 0.717) is 15.2 Å². The normalized spacial score (nSPS) is 11.4. The van der Waals surface area contributed by atoms with Crippen molar-refractivity contribution in [1.29, 1.82) is 0 Å². The third-order valence-corrected chi connectivity index (χ3v) is 4.13. The Kier molecular flexibility index (Phi) is 6.82. The Balaban J connectivity index is 1.97. The molecule has 0 aromatic heterocycles. The monoisotopic (exact) mass is 444 g/mol. The van der Waals surface area contributed by atoms with Crippen LogP contribution in [0, 0.1) is 5.82 Å². The molecule has 2 rings (SSSR count). The smallest absolute Gasteiger partial charge is 0.279 e. The number of methoxy groups -OCH3 is 1. The van der Waals surface area contributed by atoms with Crippen molar-refractivity contribution in [2.75, 3.05) is 7.11 Å². The highest BCUT2D eigenvalue weighted by Gasteiger charge is 2.19. The summed E-state index contributed by atoms with van der Waals surface area (Å²) >= 11 is 9.02. The highest BCUT2D eigenvalue weighted by molar-refractivity contribution is 9.10. The summed E-state index contributed by atoms with van der Waals surface area (Å²) in [6, 6.07) is 8.34. The van der Waals surface area contributed by atoms with Crippen molar-refractivity contribution in [2.45, 2.75) is 13.0 Å². The third-order valence-electron chi connectivity index (χ3n) is 3.27. The van der Waals surface area contributed by atoms with Gasteiger partial charge in [0, 0.05) is 5.02 Å². The zero-order valence-electron chi connectivity index (χ0n) is 13.8. The van der Waals surface area contributed by atoms with E-state index >= 15 is 0 Å². The molecule has 2 aromatic rings. The third kappa shape index (κ3) is 5.09. The van der Waals surface area contributed by atoms with Crippen LogP contribution in [0.25, 0.3) is 0 Å². The van der Waals surface area contributed by atoms with E-state index in [0.717, 1.165) is 0 Å². The van der Waals surface area contributed by atoms with E-state index in [1.807, 2.05) is 0 Å². The fraction of sp³-hybridized carbons (Fsp3) is 0.176. The summed E-state index contributed by atoms with van der Waals surface area (Å²) in [5.41, 5.74) is 4.68. The van der Waals surface area contributed by atoms with Crippen LogP contribution in [0.5, 0.6) is 11.5 Å². The number of ether oxygens (including phenoxy) is 2. The Hall–Kier alpha value is -2.32. The van der Waals surface area contributed by atoms with Crippen molar-refractivity contribution in [2.24, 2.45) is 0 Å². The number of carbonyl (C=O) groups is 2. The fourth-order valence-corrected chi connectivity index (χ4v) is 2.58. The minimum absolute atomic E-state index is 0.162. The summed E-state index contributed by atoms with van der Waals surface area (Å²) in [6.45, 7) is 1.48. The van der Waals surface area contributed by atoms with Crippen molar-refractivity contribution in [3.05, 3.63) is 57.3 Å². The summed E-state index contributed by atoms with van der Waals surface area (Å²) in [5, 5.41) is 0.347. The molecule has 0 radical (unpaired) electrons. The number of hydrazine groups is 1. The highest BCUT2D eigenvalue weighted by Crippen LogP contribution is 2.26. The van der Waals surface area contributed by atoms with Gasteiger partial charge in [-0.3, -0.25) is 20.4 Å². The lowest BCUT2D eigenvalue weighted by molar-refractivity contribution is -0.128. The van der Waals surface area contributed by atoms with Crippen LogP contribution in [-0.2, 0) is 4.79 Å². The number of carbonyl (C=O) groups excluding carboxylic acids is 2. The molecule has 26 heavy (non-hydrogen) atoms. The van der Waals surface area contributed by atoms with Gasteiger partial charge in [0.05, 0.1) is 17.1 Å². The summed E-state index contributed by atoms with van der Waals surface area (Å²) in [7, 11) is 1.41. The molecule has 2 N–H and O–H groups in total. The average molecular weight is 446 g/mol. The van der Waals surface area contributed by atoms with Crippen LogP contribution in [0.2, 0.25) is 5.02 Å². The Morgan fingerprint density at radius 2 is 1.85 bits per heavy atom. The molecule has 0 fully saturated rings.